The number of rotatable bonds is 4. The van der Waals surface area contributed by atoms with Crippen molar-refractivity contribution in [1.29, 1.82) is 0 Å². The molecule has 0 saturated heterocycles. The zero-order chi connectivity index (χ0) is 14.7. The van der Waals surface area contributed by atoms with Gasteiger partial charge in [-0.2, -0.15) is 0 Å². The van der Waals surface area contributed by atoms with Crippen LogP contribution in [0.15, 0.2) is 12.3 Å². The molecule has 1 aliphatic rings. The van der Waals surface area contributed by atoms with Gasteiger partial charge in [0.2, 0.25) is 0 Å². The van der Waals surface area contributed by atoms with Crippen LogP contribution >= 0.6 is 11.6 Å². The Balaban J connectivity index is 2.01. The molecule has 1 fully saturated rings. The third kappa shape index (κ3) is 3.45. The van der Waals surface area contributed by atoms with Gasteiger partial charge in [-0.25, -0.2) is 4.98 Å². The molecule has 6 nitrogen and oxygen atoms in total. The van der Waals surface area contributed by atoms with E-state index in [4.69, 9.17) is 11.6 Å². The summed E-state index contributed by atoms with van der Waals surface area (Å²) in [6.45, 7) is 2.77. The van der Waals surface area contributed by atoms with Crippen molar-refractivity contribution < 1.29 is 9.72 Å². The van der Waals surface area contributed by atoms with Crippen LogP contribution < -0.4 is 5.32 Å². The predicted octanol–water partition coefficient (Wildman–Crippen LogP) is 2.81. The number of nitrogens with zero attached hydrogens (tertiary/aromatic N) is 2. The van der Waals surface area contributed by atoms with Gasteiger partial charge < -0.3 is 5.32 Å². The number of amides is 1. The zero-order valence-corrected chi connectivity index (χ0v) is 11.9. The van der Waals surface area contributed by atoms with Crippen molar-refractivity contribution >= 4 is 23.2 Å². The second kappa shape index (κ2) is 6.17. The molecule has 1 aliphatic carbocycles. The number of hydrogen-bond donors (Lipinski definition) is 1. The van der Waals surface area contributed by atoms with E-state index in [2.05, 4.69) is 17.2 Å². The Morgan fingerprint density at radius 3 is 2.95 bits per heavy atom. The summed E-state index contributed by atoms with van der Waals surface area (Å²) in [7, 11) is 0. The van der Waals surface area contributed by atoms with Crippen molar-refractivity contribution in [3.05, 3.63) is 33.1 Å². The first-order valence-corrected chi connectivity index (χ1v) is 6.93. The maximum atomic E-state index is 12.0. The van der Waals surface area contributed by atoms with Crippen molar-refractivity contribution in [2.24, 2.45) is 11.8 Å². The van der Waals surface area contributed by atoms with Crippen LogP contribution in [-0.2, 0) is 0 Å². The van der Waals surface area contributed by atoms with Crippen LogP contribution in [0.1, 0.15) is 36.5 Å². The fraction of sp³-hybridized carbons (Fsp3) is 0.538. The van der Waals surface area contributed by atoms with Gasteiger partial charge in [-0.3, -0.25) is 14.9 Å². The Morgan fingerprint density at radius 2 is 2.35 bits per heavy atom. The maximum absolute atomic E-state index is 12.0. The normalized spacial score (nSPS) is 21.7. The van der Waals surface area contributed by atoms with Gasteiger partial charge in [0.25, 0.3) is 11.6 Å². The Kier molecular flexibility index (Phi) is 4.54. The zero-order valence-electron chi connectivity index (χ0n) is 11.1. The quantitative estimate of drug-likeness (QED) is 0.526. The molecule has 2 rings (SSSR count). The Morgan fingerprint density at radius 1 is 1.60 bits per heavy atom. The topological polar surface area (TPSA) is 85.1 Å². The van der Waals surface area contributed by atoms with E-state index in [1.165, 1.54) is 6.42 Å². The molecule has 1 aromatic heterocycles. The number of carbonyl (C=O) groups is 1. The fourth-order valence-corrected chi connectivity index (χ4v) is 2.73. The molecule has 1 heterocycles. The van der Waals surface area contributed by atoms with E-state index >= 15 is 0 Å². The van der Waals surface area contributed by atoms with Gasteiger partial charge >= 0.3 is 0 Å². The highest BCUT2D eigenvalue weighted by Gasteiger charge is 2.23. The molecule has 1 saturated carbocycles. The number of hydrogen-bond acceptors (Lipinski definition) is 4. The lowest BCUT2D eigenvalue weighted by Crippen LogP contribution is -2.28. The Hall–Kier alpha value is -1.69. The van der Waals surface area contributed by atoms with Crippen molar-refractivity contribution in [3.63, 3.8) is 0 Å². The number of carbonyl (C=O) groups excluding carboxylic acids is 1. The molecule has 0 radical (unpaired) electrons. The second-order valence-corrected chi connectivity index (χ2v) is 5.64. The average Bonchev–Trinajstić information content (AvgIpc) is 2.82. The Labute approximate surface area is 121 Å². The number of pyridine rings is 1. The van der Waals surface area contributed by atoms with Crippen LogP contribution in [0.3, 0.4) is 0 Å². The summed E-state index contributed by atoms with van der Waals surface area (Å²) in [5, 5.41) is 13.4. The summed E-state index contributed by atoms with van der Waals surface area (Å²) < 4.78 is 0. The molecule has 108 valence electrons. The van der Waals surface area contributed by atoms with E-state index in [0.29, 0.717) is 18.4 Å². The lowest BCUT2D eigenvalue weighted by atomic mass is 10.1. The van der Waals surface area contributed by atoms with Crippen molar-refractivity contribution in [2.45, 2.75) is 26.2 Å². The summed E-state index contributed by atoms with van der Waals surface area (Å²) in [6, 6.07) is 1.15. The summed E-state index contributed by atoms with van der Waals surface area (Å²) >= 11 is 5.82. The van der Waals surface area contributed by atoms with Crippen LogP contribution in [0.5, 0.6) is 0 Å². The van der Waals surface area contributed by atoms with E-state index in [9.17, 15) is 14.9 Å². The highest BCUT2D eigenvalue weighted by molar-refractivity contribution is 6.32. The molecule has 2 atom stereocenters. The third-order valence-electron chi connectivity index (χ3n) is 3.63. The van der Waals surface area contributed by atoms with Gasteiger partial charge in [-0.05, 0) is 24.7 Å². The van der Waals surface area contributed by atoms with Gasteiger partial charge in [0.05, 0.1) is 10.5 Å². The maximum Gasteiger partial charge on any atom is 0.288 e. The van der Waals surface area contributed by atoms with Crippen LogP contribution in [0.2, 0.25) is 5.15 Å². The van der Waals surface area contributed by atoms with E-state index in [0.717, 1.165) is 25.1 Å². The summed E-state index contributed by atoms with van der Waals surface area (Å²) in [5.74, 6) is 0.755. The van der Waals surface area contributed by atoms with Crippen molar-refractivity contribution in [3.8, 4) is 0 Å². The number of nitrogens with one attached hydrogen (secondary N) is 1. The van der Waals surface area contributed by atoms with E-state index in [1.807, 2.05) is 0 Å². The van der Waals surface area contributed by atoms with Crippen LogP contribution in [0, 0.1) is 22.0 Å². The predicted molar refractivity (Wildman–Crippen MR) is 74.7 cm³/mol. The molecule has 20 heavy (non-hydrogen) atoms. The summed E-state index contributed by atoms with van der Waals surface area (Å²) in [6.07, 6.45) is 4.42. The molecule has 1 amide bonds. The van der Waals surface area contributed by atoms with Gasteiger partial charge in [-0.15, -0.1) is 0 Å². The number of halogens is 1. The van der Waals surface area contributed by atoms with Crippen LogP contribution in [-0.4, -0.2) is 22.4 Å². The number of nitro groups is 1. The molecule has 0 aromatic carbocycles. The summed E-state index contributed by atoms with van der Waals surface area (Å²) in [4.78, 5) is 25.8. The van der Waals surface area contributed by atoms with Crippen LogP contribution in [0.4, 0.5) is 5.69 Å². The molecule has 0 bridgehead atoms. The first-order valence-electron chi connectivity index (χ1n) is 6.55. The van der Waals surface area contributed by atoms with Gasteiger partial charge in [0.15, 0.2) is 0 Å². The molecular formula is C13H16ClN3O3. The molecule has 7 heteroatoms. The monoisotopic (exact) mass is 297 g/mol. The minimum absolute atomic E-state index is 0.0205. The minimum Gasteiger partial charge on any atom is -0.352 e. The second-order valence-electron chi connectivity index (χ2n) is 5.28. The van der Waals surface area contributed by atoms with Gasteiger partial charge in [0, 0.05) is 12.6 Å². The largest absolute Gasteiger partial charge is 0.352 e. The van der Waals surface area contributed by atoms with Gasteiger partial charge in [-0.1, -0.05) is 24.9 Å². The van der Waals surface area contributed by atoms with E-state index in [1.54, 1.807) is 0 Å². The van der Waals surface area contributed by atoms with Crippen LogP contribution in [0.25, 0.3) is 0 Å². The molecule has 2 unspecified atom stereocenters. The molecule has 0 aliphatic heterocycles. The highest BCUT2D eigenvalue weighted by atomic mass is 35.5. The smallest absolute Gasteiger partial charge is 0.288 e. The van der Waals surface area contributed by atoms with Gasteiger partial charge in [0.1, 0.15) is 11.3 Å². The average molecular weight is 298 g/mol. The lowest BCUT2D eigenvalue weighted by Gasteiger charge is -2.11. The van der Waals surface area contributed by atoms with Crippen molar-refractivity contribution in [1.82, 2.24) is 10.3 Å². The van der Waals surface area contributed by atoms with Crippen molar-refractivity contribution in [2.75, 3.05) is 6.54 Å². The highest BCUT2D eigenvalue weighted by Crippen LogP contribution is 2.29. The molecule has 1 N–H and O–H groups in total. The standard InChI is InChI=1S/C13H16ClN3O3/c1-8-2-3-9(4-8)6-16-13(18)11-5-10(17(19)20)7-15-12(11)14/h5,7-9H,2-4,6H2,1H3,(H,16,18). The first kappa shape index (κ1) is 14.7. The molecule has 1 aromatic rings. The molecule has 0 spiro atoms. The SMILES string of the molecule is CC1CCC(CNC(=O)c2cc([N+](=O)[O-])cnc2Cl)C1. The fourth-order valence-electron chi connectivity index (χ4n) is 2.54. The minimum atomic E-state index is -0.598. The van der Waals surface area contributed by atoms with E-state index < -0.39 is 10.8 Å². The molecular weight excluding hydrogens is 282 g/mol. The number of aromatic nitrogens is 1. The van der Waals surface area contributed by atoms with E-state index in [-0.39, 0.29) is 16.4 Å². The lowest BCUT2D eigenvalue weighted by molar-refractivity contribution is -0.385. The summed E-state index contributed by atoms with van der Waals surface area (Å²) in [5.41, 5.74) is -0.194. The first-order chi connectivity index (χ1) is 9.47. The Bertz CT molecular complexity index is 536. The third-order valence-corrected chi connectivity index (χ3v) is 3.94.